The molecule has 630 valence electrons. The summed E-state index contributed by atoms with van der Waals surface area (Å²) in [6.45, 7) is -3.23. The summed E-state index contributed by atoms with van der Waals surface area (Å²) in [6, 6.07) is -5.55. The second kappa shape index (κ2) is 38.3. The Morgan fingerprint density at radius 1 is 0.284 bits per heavy atom. The van der Waals surface area contributed by atoms with E-state index in [9.17, 15) is 147 Å². The Morgan fingerprint density at radius 2 is 0.596 bits per heavy atom. The Bertz CT molecular complexity index is 2910. The first-order valence-corrected chi connectivity index (χ1v) is 34.5. The molecule has 0 spiro atoms. The summed E-state index contributed by atoms with van der Waals surface area (Å²) in [4.78, 5) is 50.0. The van der Waals surface area contributed by atoms with Crippen LogP contribution in [0.4, 0.5) is 0 Å². The molecule has 0 aromatic rings. The fourth-order valence-electron chi connectivity index (χ4n) is 13.9. The largest absolute Gasteiger partial charge is 0.479 e. The fraction of sp³-hybridized carbons (Fsp3) is 0.933. The molecule has 9 aliphatic rings. The molecule has 9 fully saturated rings. The van der Waals surface area contributed by atoms with Crippen LogP contribution in [0.2, 0.25) is 0 Å². The van der Waals surface area contributed by atoms with E-state index < -0.39 is 346 Å². The maximum absolute atomic E-state index is 13.0. The number of rotatable bonds is 27. The summed E-state index contributed by atoms with van der Waals surface area (Å²) in [5, 5.41) is 281. The van der Waals surface area contributed by atoms with Crippen molar-refractivity contribution in [1.29, 1.82) is 0 Å². The van der Waals surface area contributed by atoms with Crippen molar-refractivity contribution in [2.75, 3.05) is 46.2 Å². The number of carbonyl (C=O) groups is 4. The summed E-state index contributed by atoms with van der Waals surface area (Å²) < 4.78 is 98.1. The summed E-state index contributed by atoms with van der Waals surface area (Å²) in [5.41, 5.74) is 0. The summed E-state index contributed by atoms with van der Waals surface area (Å²) in [7, 11) is 0. The van der Waals surface area contributed by atoms with Crippen LogP contribution in [0.15, 0.2) is 0 Å². The lowest BCUT2D eigenvalue weighted by atomic mass is 9.93. The second-order valence-corrected chi connectivity index (χ2v) is 27.5. The molecular weight excluding hydrogens is 1500 g/mol. The van der Waals surface area contributed by atoms with Gasteiger partial charge in [-0.25, -0.2) is 4.79 Å². The van der Waals surface area contributed by atoms with Gasteiger partial charge in [0.05, 0.1) is 52.4 Å². The maximum atomic E-state index is 13.0. The lowest BCUT2D eigenvalue weighted by Gasteiger charge is -2.51. The minimum Gasteiger partial charge on any atom is -0.479 e. The molecule has 3 amide bonds. The molecule has 28 N–H and O–H groups in total. The third kappa shape index (κ3) is 19.5. The standard InChI is InChI=1S/C60H99N3O46/c1-12-26(72)33(79)38(84)55(95-12)94-11-22-47(30(76)23(52(92)96-22)61-13(2)69)104-54-25(63-15(4)71)32(78)45(19(8-67)100-54)106-60-43(89)49(29(75)21(102-60)10-93-56-39(85)34(80)27(73)16(5-64)97-56)107-57-41(87)37(83)46(20(9-68)101-57)103-53-24(62-14(3)70)31(77)44(18(7-66)99-53)105-59-42(88)48(28(74)17(6-65)98-59)108-58-40(86)35(81)36(82)50(109-58)51(90)91/h12,16-50,52-60,64-68,72-89,92H,5-11H2,1-4H3,(H,61,69)(H,62,70)(H,63,71)(H,90,91)/t12-,16+,17+,18+,19+,20+,21+,22+,23+,24+,25+,26+,27+,28-,29+,30+,31+,32+,33+,34-,35-,36-,37+,38-,39-,40+,41-,42+,43-,44+,45+,46+,47+,48-,49-,50-,52+,53-,54-,55+,56-,57+,58+,59-,60-/m0/s1. The van der Waals surface area contributed by atoms with Gasteiger partial charge in [-0.3, -0.25) is 14.4 Å². The van der Waals surface area contributed by atoms with Crippen LogP contribution in [0.1, 0.15) is 27.7 Å². The lowest BCUT2D eigenvalue weighted by Crippen LogP contribution is -2.71. The first-order chi connectivity index (χ1) is 51.4. The predicted octanol–water partition coefficient (Wildman–Crippen LogP) is -19.1. The Labute approximate surface area is 615 Å². The van der Waals surface area contributed by atoms with Crippen LogP contribution in [0, 0.1) is 0 Å². The molecule has 49 heteroatoms. The molecule has 0 radical (unpaired) electrons. The molecule has 0 aromatic heterocycles. The van der Waals surface area contributed by atoms with Crippen molar-refractivity contribution >= 4 is 23.7 Å². The van der Waals surface area contributed by atoms with E-state index >= 15 is 0 Å². The van der Waals surface area contributed by atoms with E-state index in [0.717, 1.165) is 20.8 Å². The Morgan fingerprint density at radius 3 is 1.06 bits per heavy atom. The van der Waals surface area contributed by atoms with Crippen molar-refractivity contribution in [3.05, 3.63) is 0 Å². The van der Waals surface area contributed by atoms with Gasteiger partial charge in [-0.15, -0.1) is 0 Å². The molecule has 0 unspecified atom stereocenters. The molecule has 109 heavy (non-hydrogen) atoms. The highest BCUT2D eigenvalue weighted by atomic mass is 16.8. The molecule has 9 rings (SSSR count). The Kier molecular flexibility index (Phi) is 31.4. The molecule has 45 atom stereocenters. The van der Waals surface area contributed by atoms with E-state index in [4.69, 9.17) is 80.5 Å². The van der Waals surface area contributed by atoms with Crippen LogP contribution in [-0.4, -0.2) is 474 Å². The molecule has 9 aliphatic heterocycles. The molecular formula is C60H99N3O46. The monoisotopic (exact) mass is 1600 g/mol. The number of aliphatic hydroxyl groups is 24. The van der Waals surface area contributed by atoms with Crippen molar-refractivity contribution < 1.29 is 227 Å². The van der Waals surface area contributed by atoms with E-state index in [2.05, 4.69) is 16.0 Å². The first kappa shape index (κ1) is 89.2. The zero-order valence-electron chi connectivity index (χ0n) is 58.2. The quantitative estimate of drug-likeness (QED) is 0.0363. The molecule has 49 nitrogen and oxygen atoms in total. The van der Waals surface area contributed by atoms with Gasteiger partial charge in [0.1, 0.15) is 207 Å². The van der Waals surface area contributed by atoms with E-state index in [0.29, 0.717) is 0 Å². The average molecular weight is 1600 g/mol. The molecule has 0 aromatic carbocycles. The van der Waals surface area contributed by atoms with Gasteiger partial charge >= 0.3 is 5.97 Å². The number of carboxylic acids is 1. The summed E-state index contributed by atoms with van der Waals surface area (Å²) >= 11 is 0. The van der Waals surface area contributed by atoms with Crippen molar-refractivity contribution in [1.82, 2.24) is 16.0 Å². The van der Waals surface area contributed by atoms with Gasteiger partial charge in [-0.1, -0.05) is 0 Å². The van der Waals surface area contributed by atoms with Crippen molar-refractivity contribution in [3.8, 4) is 0 Å². The van der Waals surface area contributed by atoms with Gasteiger partial charge < -0.3 is 224 Å². The molecule has 9 saturated heterocycles. The van der Waals surface area contributed by atoms with Crippen LogP contribution < -0.4 is 16.0 Å². The van der Waals surface area contributed by atoms with Gasteiger partial charge in [-0.2, -0.15) is 0 Å². The number of carbonyl (C=O) groups excluding carboxylic acids is 3. The van der Waals surface area contributed by atoms with Gasteiger partial charge in [0.2, 0.25) is 17.7 Å². The van der Waals surface area contributed by atoms with Crippen molar-refractivity contribution in [2.45, 2.75) is 304 Å². The molecule has 9 heterocycles. The van der Waals surface area contributed by atoms with Gasteiger partial charge in [0.25, 0.3) is 0 Å². The minimum atomic E-state index is -2.47. The predicted molar refractivity (Wildman–Crippen MR) is 331 cm³/mol. The van der Waals surface area contributed by atoms with E-state index in [1.165, 1.54) is 6.92 Å². The smallest absolute Gasteiger partial charge is 0.335 e. The number of hydrogen-bond acceptors (Lipinski definition) is 45. The molecule has 0 saturated carbocycles. The molecule has 0 bridgehead atoms. The zero-order chi connectivity index (χ0) is 80.4. The van der Waals surface area contributed by atoms with Crippen LogP contribution in [0.25, 0.3) is 0 Å². The Balaban J connectivity index is 0.941. The first-order valence-electron chi connectivity index (χ1n) is 34.5. The van der Waals surface area contributed by atoms with E-state index in [1.807, 2.05) is 0 Å². The normalized spacial score (nSPS) is 50.0. The average Bonchev–Trinajstić information content (AvgIpc) is 0.770. The number of nitrogens with one attached hydrogen (secondary N) is 3. The van der Waals surface area contributed by atoms with E-state index in [1.54, 1.807) is 0 Å². The third-order valence-corrected chi connectivity index (χ3v) is 19.9. The number of ether oxygens (including phenoxy) is 17. The van der Waals surface area contributed by atoms with E-state index in [-0.39, 0.29) is 0 Å². The Hall–Kier alpha value is -3.76. The van der Waals surface area contributed by atoms with Crippen LogP contribution in [-0.2, 0) is 99.7 Å². The number of amides is 3. The van der Waals surface area contributed by atoms with Crippen molar-refractivity contribution in [3.63, 3.8) is 0 Å². The topological polar surface area (TPSA) is 767 Å². The number of hydrogen-bond donors (Lipinski definition) is 28. The van der Waals surface area contributed by atoms with Gasteiger partial charge in [0.15, 0.2) is 62.7 Å². The highest BCUT2D eigenvalue weighted by Crippen LogP contribution is 2.39. The van der Waals surface area contributed by atoms with Gasteiger partial charge in [-0.05, 0) is 6.92 Å². The summed E-state index contributed by atoms with van der Waals surface area (Å²) in [5.74, 6) is -4.54. The number of carboxylic acid groups (broad SMARTS) is 1. The highest BCUT2D eigenvalue weighted by molar-refractivity contribution is 5.74. The third-order valence-electron chi connectivity index (χ3n) is 19.9. The van der Waals surface area contributed by atoms with Crippen molar-refractivity contribution in [2.24, 2.45) is 0 Å². The van der Waals surface area contributed by atoms with Crippen LogP contribution in [0.5, 0.6) is 0 Å². The van der Waals surface area contributed by atoms with Crippen LogP contribution in [0.3, 0.4) is 0 Å². The zero-order valence-corrected chi connectivity index (χ0v) is 58.2. The number of aliphatic hydroxyl groups excluding tert-OH is 24. The number of aliphatic carboxylic acids is 1. The van der Waals surface area contributed by atoms with Gasteiger partial charge in [0, 0.05) is 20.8 Å². The maximum Gasteiger partial charge on any atom is 0.335 e. The highest BCUT2D eigenvalue weighted by Gasteiger charge is 2.61. The fourth-order valence-corrected chi connectivity index (χ4v) is 13.9. The second-order valence-electron chi connectivity index (χ2n) is 27.5. The van der Waals surface area contributed by atoms with Crippen LogP contribution >= 0.6 is 0 Å². The SMILES string of the molecule is CC(=O)N[C@@H]1[C@@H](O)[C@H](O[C@@H]2O[C@H](CO)[C@@H](O[C@@H]3O[C@H](CO[C@H]4O[C@H](CO)[C@@H](O)[C@H](O)[C@@H]4O)[C@@H](O)[C@H](O[C@H]4O[C@H](CO)[C@@H](O[C@@H]5O[C@H](CO)[C@@H](O[C@@H]6O[C@H](CO)[C@H](O)[C@H](O[C@@H]7O[C@H](C(=O)O)[C@@H](O)[C@H](O)[C@H]7O)[C@H]6O)[C@H](O)[C@H]5NC(C)=O)[C@H](O)[C@@H]4O)[C@@H]3O)[C@H](O)[C@H]2NC(C)=O)[C@@H](CO[C@@H]2O[C@@H](C)[C@@H](O)[C@@H](O)[C@@H]2O)O[C@H]1O. The molecule has 0 aliphatic carbocycles. The summed E-state index contributed by atoms with van der Waals surface area (Å²) in [6.07, 6.45) is -86.0. The lowest BCUT2D eigenvalue weighted by molar-refractivity contribution is -0.393. The minimum absolute atomic E-state index is 0.807.